The predicted octanol–water partition coefficient (Wildman–Crippen LogP) is 4.47. The summed E-state index contributed by atoms with van der Waals surface area (Å²) < 4.78 is 0. The van der Waals surface area contributed by atoms with Crippen LogP contribution < -0.4 is 10.6 Å². The first kappa shape index (κ1) is 26.4. The Labute approximate surface area is 211 Å². The second-order valence-corrected chi connectivity index (χ2v) is 9.14. The normalized spacial score (nSPS) is 11.9. The number of carbonyl (C=O) groups is 2. The minimum Gasteiger partial charge on any atom is -0.480 e. The highest BCUT2D eigenvalue weighted by atomic mass is 35.5. The number of rotatable bonds is 12. The summed E-state index contributed by atoms with van der Waals surface area (Å²) in [5.74, 6) is -1.60. The van der Waals surface area contributed by atoms with Crippen LogP contribution in [0.15, 0.2) is 72.8 Å². The molecule has 0 radical (unpaired) electrons. The molecule has 1 atom stereocenters. The lowest BCUT2D eigenvalue weighted by atomic mass is 9.97. The van der Waals surface area contributed by atoms with Gasteiger partial charge in [-0.2, -0.15) is 0 Å². The van der Waals surface area contributed by atoms with Gasteiger partial charge in [0.15, 0.2) is 0 Å². The molecule has 0 spiro atoms. The Bertz CT molecular complexity index is 1130. The third-order valence-electron chi connectivity index (χ3n) is 5.72. The average molecular weight is 494 g/mol. The van der Waals surface area contributed by atoms with Crippen LogP contribution in [0, 0.1) is 0 Å². The monoisotopic (exact) mass is 493 g/mol. The molecule has 1 unspecified atom stereocenters. The molecule has 0 saturated carbocycles. The Balaban J connectivity index is 1.65. The molecule has 3 N–H and O–H groups in total. The number of nitrogens with zero attached hydrogens (tertiary/aromatic N) is 1. The number of benzene rings is 3. The first-order chi connectivity index (χ1) is 16.8. The molecule has 0 bridgehead atoms. The molecule has 3 aromatic rings. The van der Waals surface area contributed by atoms with Crippen molar-refractivity contribution in [3.63, 3.8) is 0 Å². The first-order valence-electron chi connectivity index (χ1n) is 11.7. The Hall–Kier alpha value is -3.19. The van der Waals surface area contributed by atoms with Crippen LogP contribution >= 0.6 is 11.6 Å². The van der Waals surface area contributed by atoms with Crippen LogP contribution in [0.25, 0.3) is 11.1 Å². The first-order valence-corrected chi connectivity index (χ1v) is 12.0. The van der Waals surface area contributed by atoms with Crippen molar-refractivity contribution in [3.8, 4) is 11.1 Å². The van der Waals surface area contributed by atoms with Crippen molar-refractivity contribution in [3.05, 3.63) is 94.5 Å². The molecule has 0 fully saturated rings. The minimum absolute atomic E-state index is 0.168. The van der Waals surface area contributed by atoms with Gasteiger partial charge in [0, 0.05) is 13.0 Å². The number of halogens is 1. The molecular weight excluding hydrogens is 462 g/mol. The van der Waals surface area contributed by atoms with E-state index in [9.17, 15) is 14.7 Å². The van der Waals surface area contributed by atoms with Gasteiger partial charge in [-0.1, -0.05) is 72.3 Å². The fraction of sp³-hybridized carbons (Fsp3) is 0.286. The summed E-state index contributed by atoms with van der Waals surface area (Å²) in [6.07, 6.45) is 1.25. The van der Waals surface area contributed by atoms with Crippen LogP contribution in [-0.4, -0.2) is 55.1 Å². The molecule has 0 saturated heterocycles. The molecule has 0 aliphatic carbocycles. The smallest absolute Gasteiger partial charge is 0.326 e. The number of hydrogen-bond acceptors (Lipinski definition) is 4. The molecule has 0 aromatic heterocycles. The van der Waals surface area contributed by atoms with Crippen LogP contribution in [0.2, 0.25) is 5.02 Å². The van der Waals surface area contributed by atoms with Crippen LogP contribution in [-0.2, 0) is 17.8 Å². The summed E-state index contributed by atoms with van der Waals surface area (Å²) in [6.45, 7) is 2.77. The van der Waals surface area contributed by atoms with E-state index in [0.717, 1.165) is 42.7 Å². The largest absolute Gasteiger partial charge is 0.480 e. The van der Waals surface area contributed by atoms with Crippen molar-refractivity contribution < 1.29 is 14.7 Å². The number of aliphatic carboxylic acids is 1. The molecule has 0 heterocycles. The lowest BCUT2D eigenvalue weighted by molar-refractivity contribution is -0.139. The van der Waals surface area contributed by atoms with Crippen molar-refractivity contribution in [2.24, 2.45) is 0 Å². The lowest BCUT2D eigenvalue weighted by Crippen LogP contribution is -2.42. The van der Waals surface area contributed by atoms with E-state index in [-0.39, 0.29) is 17.0 Å². The molecule has 0 aliphatic heterocycles. The number of carboxylic acids is 1. The van der Waals surface area contributed by atoms with Crippen LogP contribution in [0.1, 0.15) is 27.9 Å². The zero-order valence-electron chi connectivity index (χ0n) is 20.1. The van der Waals surface area contributed by atoms with E-state index in [4.69, 9.17) is 11.6 Å². The quantitative estimate of drug-likeness (QED) is 0.324. The van der Waals surface area contributed by atoms with Crippen molar-refractivity contribution in [1.29, 1.82) is 0 Å². The summed E-state index contributed by atoms with van der Waals surface area (Å²) in [6, 6.07) is 21.6. The summed E-state index contributed by atoms with van der Waals surface area (Å²) in [4.78, 5) is 26.5. The standard InChI is InChI=1S/C28H32ClN3O3/c1-32(2)17-7-16-30-19-22-8-3-4-9-23(22)21-14-12-20(13-15-21)18-26(28(34)35)31-27(33)24-10-5-6-11-25(24)29/h3-6,8-15,26,30H,7,16-19H2,1-2H3,(H,31,33)(H,34,35). The van der Waals surface area contributed by atoms with Crippen LogP contribution in [0.5, 0.6) is 0 Å². The predicted molar refractivity (Wildman–Crippen MR) is 141 cm³/mol. The zero-order valence-corrected chi connectivity index (χ0v) is 20.9. The number of carbonyl (C=O) groups excluding carboxylic acids is 1. The fourth-order valence-electron chi connectivity index (χ4n) is 3.84. The van der Waals surface area contributed by atoms with Gasteiger partial charge >= 0.3 is 5.97 Å². The summed E-state index contributed by atoms with van der Waals surface area (Å²) in [5, 5.41) is 16.0. The third-order valence-corrected chi connectivity index (χ3v) is 6.05. The summed E-state index contributed by atoms with van der Waals surface area (Å²) in [5.41, 5.74) is 4.48. The number of carboxylic acid groups (broad SMARTS) is 1. The highest BCUT2D eigenvalue weighted by Gasteiger charge is 2.22. The van der Waals surface area contributed by atoms with Crippen LogP contribution in [0.4, 0.5) is 0 Å². The van der Waals surface area contributed by atoms with Gasteiger partial charge < -0.3 is 20.6 Å². The fourth-order valence-corrected chi connectivity index (χ4v) is 4.06. The van der Waals surface area contributed by atoms with Gasteiger partial charge in [0.1, 0.15) is 6.04 Å². The third kappa shape index (κ3) is 7.92. The molecule has 0 aliphatic rings. The summed E-state index contributed by atoms with van der Waals surface area (Å²) in [7, 11) is 4.15. The Morgan fingerprint density at radius 3 is 2.34 bits per heavy atom. The number of amides is 1. The molecule has 1 amide bonds. The second kappa shape index (κ2) is 13.0. The molecule has 7 heteroatoms. The number of hydrogen-bond donors (Lipinski definition) is 3. The highest BCUT2D eigenvalue weighted by molar-refractivity contribution is 6.33. The van der Waals surface area contributed by atoms with Crippen molar-refractivity contribution in [2.75, 3.05) is 27.2 Å². The molecular formula is C28H32ClN3O3. The molecule has 35 heavy (non-hydrogen) atoms. The van der Waals surface area contributed by atoms with Crippen molar-refractivity contribution >= 4 is 23.5 Å². The van der Waals surface area contributed by atoms with Crippen LogP contribution in [0.3, 0.4) is 0 Å². The molecule has 6 nitrogen and oxygen atoms in total. The van der Waals surface area contributed by atoms with Gasteiger partial charge in [-0.05, 0) is 68.0 Å². The van der Waals surface area contributed by atoms with E-state index in [1.54, 1.807) is 24.3 Å². The summed E-state index contributed by atoms with van der Waals surface area (Å²) >= 11 is 6.08. The van der Waals surface area contributed by atoms with E-state index in [1.165, 1.54) is 5.56 Å². The maximum absolute atomic E-state index is 12.5. The molecule has 3 aromatic carbocycles. The molecule has 3 rings (SSSR count). The Morgan fingerprint density at radius 1 is 0.971 bits per heavy atom. The van der Waals surface area contributed by atoms with Gasteiger partial charge in [-0.25, -0.2) is 4.79 Å². The maximum atomic E-state index is 12.5. The van der Waals surface area contributed by atoms with Gasteiger partial charge in [-0.3, -0.25) is 4.79 Å². The van der Waals surface area contributed by atoms with Crippen molar-refractivity contribution in [1.82, 2.24) is 15.5 Å². The zero-order chi connectivity index (χ0) is 25.2. The second-order valence-electron chi connectivity index (χ2n) is 8.74. The van der Waals surface area contributed by atoms with E-state index < -0.39 is 17.9 Å². The minimum atomic E-state index is -1.10. The van der Waals surface area contributed by atoms with E-state index in [1.807, 2.05) is 36.4 Å². The maximum Gasteiger partial charge on any atom is 0.326 e. The SMILES string of the molecule is CN(C)CCCNCc1ccccc1-c1ccc(CC(NC(=O)c2ccccc2Cl)C(=O)O)cc1. The molecule has 184 valence electrons. The van der Waals surface area contributed by atoms with Gasteiger partial charge in [0.05, 0.1) is 10.6 Å². The van der Waals surface area contributed by atoms with Gasteiger partial charge in [0.2, 0.25) is 0 Å². The van der Waals surface area contributed by atoms with Gasteiger partial charge in [-0.15, -0.1) is 0 Å². The van der Waals surface area contributed by atoms with E-state index in [0.29, 0.717) is 0 Å². The van der Waals surface area contributed by atoms with E-state index in [2.05, 4.69) is 41.8 Å². The van der Waals surface area contributed by atoms with E-state index >= 15 is 0 Å². The highest BCUT2D eigenvalue weighted by Crippen LogP contribution is 2.24. The topological polar surface area (TPSA) is 81.7 Å². The van der Waals surface area contributed by atoms with Crippen molar-refractivity contribution in [2.45, 2.75) is 25.4 Å². The number of nitrogens with one attached hydrogen (secondary N) is 2. The average Bonchev–Trinajstić information content (AvgIpc) is 2.84. The Morgan fingerprint density at radius 2 is 1.66 bits per heavy atom. The Kier molecular flexibility index (Phi) is 9.85. The van der Waals surface area contributed by atoms with Gasteiger partial charge in [0.25, 0.3) is 5.91 Å². The lowest BCUT2D eigenvalue weighted by Gasteiger charge is -2.16.